The predicted octanol–water partition coefficient (Wildman–Crippen LogP) is 4.91. The van der Waals surface area contributed by atoms with Gasteiger partial charge in [-0.3, -0.25) is 4.79 Å². The summed E-state index contributed by atoms with van der Waals surface area (Å²) in [4.78, 5) is 12.3. The monoisotopic (exact) mass is 330 g/mol. The maximum absolute atomic E-state index is 12.3. The van der Waals surface area contributed by atoms with Gasteiger partial charge < -0.3 is 5.11 Å². The molecule has 0 aromatic carbocycles. The van der Waals surface area contributed by atoms with Crippen LogP contribution in [-0.2, 0) is 4.79 Å². The van der Waals surface area contributed by atoms with Gasteiger partial charge in [0.1, 0.15) is 0 Å². The molecule has 3 saturated carbocycles. The summed E-state index contributed by atoms with van der Waals surface area (Å²) in [6.07, 6.45) is 7.52. The number of carbonyl (C=O) groups is 1. The lowest BCUT2D eigenvalue weighted by Gasteiger charge is -2.60. The lowest BCUT2D eigenvalue weighted by atomic mass is 9.44. The first-order valence-electron chi connectivity index (χ1n) is 10.1. The number of carbonyl (C=O) groups excluding carboxylic acids is 1. The van der Waals surface area contributed by atoms with Crippen LogP contribution in [0.2, 0.25) is 0 Å². The van der Waals surface area contributed by atoms with E-state index in [0.29, 0.717) is 23.5 Å². The normalized spacial score (nSPS) is 54.3. The quantitative estimate of drug-likeness (QED) is 0.685. The van der Waals surface area contributed by atoms with Gasteiger partial charge in [0, 0.05) is 6.42 Å². The Bertz CT molecular complexity index is 615. The first-order valence-corrected chi connectivity index (χ1v) is 10.1. The fraction of sp³-hybridized carbons (Fsp3) is 0.864. The highest BCUT2D eigenvalue weighted by Gasteiger charge is 2.63. The molecule has 134 valence electrons. The number of aliphatic hydroxyl groups is 1. The van der Waals surface area contributed by atoms with Crippen LogP contribution in [-0.4, -0.2) is 16.5 Å². The summed E-state index contributed by atoms with van der Waals surface area (Å²) < 4.78 is 0. The van der Waals surface area contributed by atoms with E-state index in [4.69, 9.17) is 0 Å². The second kappa shape index (κ2) is 4.96. The summed E-state index contributed by atoms with van der Waals surface area (Å²) >= 11 is 0. The van der Waals surface area contributed by atoms with Crippen LogP contribution in [0.1, 0.15) is 79.6 Å². The SMILES string of the molecule is CC1=C2[C@H](C)C[C@@H]3[C@H](CC[C@@]4(C)[C@H]3CC[C@]4(C)O)[C@@]2(C)CCC1=O. The number of hydrogen-bond donors (Lipinski definition) is 1. The van der Waals surface area contributed by atoms with Crippen molar-refractivity contribution in [2.24, 2.45) is 34.5 Å². The molecule has 4 aliphatic rings. The zero-order chi connectivity index (χ0) is 17.5. The summed E-state index contributed by atoms with van der Waals surface area (Å²) in [6.45, 7) is 11.3. The Kier molecular flexibility index (Phi) is 3.48. The molecule has 0 saturated heterocycles. The van der Waals surface area contributed by atoms with E-state index in [1.54, 1.807) is 0 Å². The molecular formula is C22H34O2. The Hall–Kier alpha value is -0.630. The van der Waals surface area contributed by atoms with Crippen molar-refractivity contribution < 1.29 is 9.90 Å². The van der Waals surface area contributed by atoms with Gasteiger partial charge in [-0.25, -0.2) is 0 Å². The van der Waals surface area contributed by atoms with Crippen LogP contribution < -0.4 is 0 Å². The third-order valence-electron chi connectivity index (χ3n) is 9.25. The van der Waals surface area contributed by atoms with Gasteiger partial charge in [-0.15, -0.1) is 0 Å². The van der Waals surface area contributed by atoms with E-state index in [-0.39, 0.29) is 10.8 Å². The minimum Gasteiger partial charge on any atom is -0.390 e. The molecule has 3 fully saturated rings. The predicted molar refractivity (Wildman–Crippen MR) is 96.5 cm³/mol. The zero-order valence-electron chi connectivity index (χ0n) is 16.1. The van der Waals surface area contributed by atoms with Gasteiger partial charge in [-0.2, -0.15) is 0 Å². The first kappa shape index (κ1) is 16.8. The Morgan fingerprint density at radius 1 is 1.04 bits per heavy atom. The van der Waals surface area contributed by atoms with Crippen molar-refractivity contribution in [2.75, 3.05) is 0 Å². The Morgan fingerprint density at radius 2 is 1.71 bits per heavy atom. The van der Waals surface area contributed by atoms with E-state index < -0.39 is 5.60 Å². The van der Waals surface area contributed by atoms with Crippen molar-refractivity contribution in [3.8, 4) is 0 Å². The molecule has 24 heavy (non-hydrogen) atoms. The molecular weight excluding hydrogens is 296 g/mol. The Morgan fingerprint density at radius 3 is 2.42 bits per heavy atom. The first-order chi connectivity index (χ1) is 11.1. The van der Waals surface area contributed by atoms with Crippen LogP contribution in [0.5, 0.6) is 0 Å². The summed E-state index contributed by atoms with van der Waals surface area (Å²) in [5.74, 6) is 3.00. The van der Waals surface area contributed by atoms with Crippen molar-refractivity contribution in [3.05, 3.63) is 11.1 Å². The van der Waals surface area contributed by atoms with Crippen LogP contribution in [0.25, 0.3) is 0 Å². The van der Waals surface area contributed by atoms with Gasteiger partial charge in [-0.1, -0.05) is 26.3 Å². The Balaban J connectivity index is 1.77. The third kappa shape index (κ3) is 1.90. The van der Waals surface area contributed by atoms with Crippen molar-refractivity contribution in [1.82, 2.24) is 0 Å². The number of ketones is 1. The van der Waals surface area contributed by atoms with Crippen LogP contribution in [0.15, 0.2) is 11.1 Å². The minimum atomic E-state index is -0.499. The molecule has 0 aromatic rings. The molecule has 0 unspecified atom stereocenters. The zero-order valence-corrected chi connectivity index (χ0v) is 16.1. The van der Waals surface area contributed by atoms with Gasteiger partial charge in [0.15, 0.2) is 5.78 Å². The maximum Gasteiger partial charge on any atom is 0.158 e. The van der Waals surface area contributed by atoms with E-state index in [2.05, 4.69) is 34.6 Å². The molecule has 2 nitrogen and oxygen atoms in total. The molecule has 2 heteroatoms. The van der Waals surface area contributed by atoms with Crippen molar-refractivity contribution in [3.63, 3.8) is 0 Å². The number of rotatable bonds is 0. The topological polar surface area (TPSA) is 37.3 Å². The van der Waals surface area contributed by atoms with Crippen LogP contribution in [0.4, 0.5) is 0 Å². The second-order valence-corrected chi connectivity index (χ2v) is 10.2. The number of allylic oxidation sites excluding steroid dienone is 1. The molecule has 0 aliphatic heterocycles. The van der Waals surface area contributed by atoms with Crippen molar-refractivity contribution >= 4 is 5.78 Å². The second-order valence-electron chi connectivity index (χ2n) is 10.2. The fourth-order valence-corrected chi connectivity index (χ4v) is 7.77. The Labute approximate surface area is 147 Å². The lowest BCUT2D eigenvalue weighted by molar-refractivity contribution is -0.128. The number of Topliss-reactive ketones (excluding diaryl/α,β-unsaturated/α-hetero) is 1. The fourth-order valence-electron chi connectivity index (χ4n) is 7.77. The van der Waals surface area contributed by atoms with Crippen molar-refractivity contribution in [1.29, 1.82) is 0 Å². The van der Waals surface area contributed by atoms with Gasteiger partial charge in [0.25, 0.3) is 0 Å². The van der Waals surface area contributed by atoms with E-state index >= 15 is 0 Å². The van der Waals surface area contributed by atoms with Crippen LogP contribution in [0.3, 0.4) is 0 Å². The molecule has 1 N–H and O–H groups in total. The minimum absolute atomic E-state index is 0.0883. The molecule has 0 heterocycles. The highest BCUT2D eigenvalue weighted by Crippen LogP contribution is 2.68. The maximum atomic E-state index is 12.3. The molecule has 0 amide bonds. The average molecular weight is 331 g/mol. The molecule has 4 aliphatic carbocycles. The molecule has 7 atom stereocenters. The van der Waals surface area contributed by atoms with Crippen LogP contribution in [0, 0.1) is 34.5 Å². The smallest absolute Gasteiger partial charge is 0.158 e. The van der Waals surface area contributed by atoms with Crippen molar-refractivity contribution in [2.45, 2.75) is 85.2 Å². The van der Waals surface area contributed by atoms with Gasteiger partial charge >= 0.3 is 0 Å². The van der Waals surface area contributed by atoms with Gasteiger partial charge in [0.05, 0.1) is 5.60 Å². The molecule has 0 aromatic heterocycles. The third-order valence-corrected chi connectivity index (χ3v) is 9.25. The summed E-state index contributed by atoms with van der Waals surface area (Å²) in [6, 6.07) is 0. The highest BCUT2D eigenvalue weighted by atomic mass is 16.3. The molecule has 4 rings (SSSR count). The van der Waals surface area contributed by atoms with Gasteiger partial charge in [0.2, 0.25) is 0 Å². The number of hydrogen-bond acceptors (Lipinski definition) is 2. The summed E-state index contributed by atoms with van der Waals surface area (Å²) in [7, 11) is 0. The summed E-state index contributed by atoms with van der Waals surface area (Å²) in [5, 5.41) is 11.0. The molecule has 0 radical (unpaired) electrons. The van der Waals surface area contributed by atoms with E-state index in [9.17, 15) is 9.90 Å². The highest BCUT2D eigenvalue weighted by molar-refractivity contribution is 5.96. The number of fused-ring (bicyclic) bond motifs is 5. The summed E-state index contributed by atoms with van der Waals surface area (Å²) in [5.41, 5.74) is 2.39. The molecule has 0 bridgehead atoms. The average Bonchev–Trinajstić information content (AvgIpc) is 2.74. The van der Waals surface area contributed by atoms with E-state index in [1.165, 1.54) is 24.8 Å². The standard InChI is InChI=1S/C22H34O2/c1-13-12-15-16(20(3)9-8-18(23)14(2)19(13)20)6-10-21(4)17(15)7-11-22(21,5)24/h13,15-17,24H,6-12H2,1-5H3/t13-,15-,16+,17+,20-,21+,22+/m1/s1. The van der Waals surface area contributed by atoms with Gasteiger partial charge in [-0.05, 0) is 92.4 Å². The van der Waals surface area contributed by atoms with E-state index in [1.807, 2.05) is 0 Å². The van der Waals surface area contributed by atoms with E-state index in [0.717, 1.165) is 37.2 Å². The lowest BCUT2D eigenvalue weighted by Crippen LogP contribution is -2.55. The van der Waals surface area contributed by atoms with Crippen LogP contribution >= 0.6 is 0 Å². The molecule has 0 spiro atoms. The largest absolute Gasteiger partial charge is 0.390 e.